The number of hydrogen-bond donors (Lipinski definition) is 1. The second-order valence-corrected chi connectivity index (χ2v) is 7.96. The van der Waals surface area contributed by atoms with Gasteiger partial charge in [0.2, 0.25) is 0 Å². The van der Waals surface area contributed by atoms with Crippen molar-refractivity contribution >= 4 is 27.3 Å². The van der Waals surface area contributed by atoms with Gasteiger partial charge in [0.1, 0.15) is 12.4 Å². The minimum absolute atomic E-state index is 0.0184. The Bertz CT molecular complexity index is 972. The van der Waals surface area contributed by atoms with Crippen LogP contribution in [0.15, 0.2) is 41.3 Å². The molecule has 0 unspecified atom stereocenters. The van der Waals surface area contributed by atoms with Gasteiger partial charge < -0.3 is 14.4 Å². The van der Waals surface area contributed by atoms with E-state index >= 15 is 0 Å². The normalized spacial score (nSPS) is 13.4. The Morgan fingerprint density at radius 1 is 1.19 bits per heavy atom. The molecule has 144 valence electrons. The van der Waals surface area contributed by atoms with E-state index in [0.29, 0.717) is 30.0 Å². The first-order chi connectivity index (χ1) is 12.9. The Hall–Kier alpha value is -2.58. The van der Waals surface area contributed by atoms with Gasteiger partial charge in [0.25, 0.3) is 15.9 Å². The first-order valence-electron chi connectivity index (χ1n) is 8.45. The van der Waals surface area contributed by atoms with Crippen molar-refractivity contribution in [1.82, 2.24) is 0 Å². The van der Waals surface area contributed by atoms with Crippen molar-refractivity contribution in [1.29, 1.82) is 0 Å². The number of amides is 1. The number of fused-ring (bicyclic) bond motifs is 1. The van der Waals surface area contributed by atoms with Gasteiger partial charge in [-0.25, -0.2) is 8.42 Å². The molecule has 3 rings (SSSR count). The van der Waals surface area contributed by atoms with Crippen LogP contribution in [-0.2, 0) is 26.0 Å². The number of nitrogens with zero attached hydrogens (tertiary/aromatic N) is 1. The van der Waals surface area contributed by atoms with Crippen LogP contribution in [0, 0.1) is 6.92 Å². The maximum atomic E-state index is 12.7. The lowest BCUT2D eigenvalue weighted by Gasteiger charge is -2.17. The molecule has 2 aromatic rings. The largest absolute Gasteiger partial charge is 0.497 e. The van der Waals surface area contributed by atoms with Crippen LogP contribution in [0.4, 0.5) is 11.4 Å². The van der Waals surface area contributed by atoms with Gasteiger partial charge >= 0.3 is 0 Å². The number of rotatable bonds is 6. The molecule has 7 nitrogen and oxygen atoms in total. The third-order valence-electron chi connectivity index (χ3n) is 4.47. The molecule has 0 atom stereocenters. The number of anilines is 2. The van der Waals surface area contributed by atoms with Crippen molar-refractivity contribution in [2.45, 2.75) is 18.2 Å². The van der Waals surface area contributed by atoms with E-state index in [0.717, 1.165) is 11.3 Å². The first-order valence-corrected chi connectivity index (χ1v) is 9.93. The van der Waals surface area contributed by atoms with Gasteiger partial charge in [0, 0.05) is 25.0 Å². The van der Waals surface area contributed by atoms with Crippen molar-refractivity contribution in [3.05, 3.63) is 47.5 Å². The van der Waals surface area contributed by atoms with Gasteiger partial charge in [0.15, 0.2) is 0 Å². The summed E-state index contributed by atoms with van der Waals surface area (Å²) < 4.78 is 38.1. The molecule has 0 bridgehead atoms. The minimum Gasteiger partial charge on any atom is -0.497 e. The van der Waals surface area contributed by atoms with E-state index in [1.54, 1.807) is 42.2 Å². The van der Waals surface area contributed by atoms with E-state index < -0.39 is 10.0 Å². The van der Waals surface area contributed by atoms with Crippen LogP contribution in [0.25, 0.3) is 0 Å². The fraction of sp³-hybridized carbons (Fsp3) is 0.316. The number of carbonyl (C=O) groups is 1. The fourth-order valence-electron chi connectivity index (χ4n) is 3.19. The van der Waals surface area contributed by atoms with E-state index in [4.69, 9.17) is 9.47 Å². The third-order valence-corrected chi connectivity index (χ3v) is 6.01. The van der Waals surface area contributed by atoms with E-state index in [9.17, 15) is 13.2 Å². The Balaban J connectivity index is 1.84. The van der Waals surface area contributed by atoms with E-state index in [2.05, 4.69) is 4.72 Å². The Morgan fingerprint density at radius 2 is 1.96 bits per heavy atom. The summed E-state index contributed by atoms with van der Waals surface area (Å²) in [6, 6.07) is 10.0. The number of ether oxygens (including phenoxy) is 2. The molecule has 1 amide bonds. The Kier molecular flexibility index (Phi) is 5.38. The van der Waals surface area contributed by atoms with Gasteiger partial charge in [-0.2, -0.15) is 0 Å². The zero-order valence-electron chi connectivity index (χ0n) is 15.5. The molecule has 8 heteroatoms. The van der Waals surface area contributed by atoms with Gasteiger partial charge in [-0.1, -0.05) is 0 Å². The van der Waals surface area contributed by atoms with Crippen LogP contribution in [0.1, 0.15) is 11.1 Å². The smallest absolute Gasteiger partial charge is 0.262 e. The molecule has 1 N–H and O–H groups in total. The molecule has 27 heavy (non-hydrogen) atoms. The van der Waals surface area contributed by atoms with E-state index in [1.165, 1.54) is 20.3 Å². The summed E-state index contributed by atoms with van der Waals surface area (Å²) in [5.41, 5.74) is 2.77. The molecule has 1 heterocycles. The number of carbonyl (C=O) groups excluding carboxylic acids is 1. The summed E-state index contributed by atoms with van der Waals surface area (Å²) >= 11 is 0. The van der Waals surface area contributed by atoms with Crippen LogP contribution >= 0.6 is 0 Å². The predicted octanol–water partition coefficient (Wildman–Crippen LogP) is 2.34. The van der Waals surface area contributed by atoms with Crippen LogP contribution in [-0.4, -0.2) is 41.7 Å². The van der Waals surface area contributed by atoms with Gasteiger partial charge in [0.05, 0.1) is 12.0 Å². The first kappa shape index (κ1) is 19.2. The number of aryl methyl sites for hydroxylation is 1. The number of hydrogen-bond acceptors (Lipinski definition) is 5. The maximum Gasteiger partial charge on any atom is 0.262 e. The average Bonchev–Trinajstić information content (AvgIpc) is 3.04. The van der Waals surface area contributed by atoms with Crippen LogP contribution in [0.3, 0.4) is 0 Å². The fourth-order valence-corrected chi connectivity index (χ4v) is 4.46. The summed E-state index contributed by atoms with van der Waals surface area (Å²) in [6.07, 6.45) is 0.669. The molecule has 0 aliphatic carbocycles. The SMILES string of the molecule is COCC(=O)N1CCc2cc(NS(=O)(=O)c3ccc(OC)cc3C)ccc21. The second-order valence-electron chi connectivity index (χ2n) is 6.31. The van der Waals surface area contributed by atoms with Crippen LogP contribution in [0.2, 0.25) is 0 Å². The number of sulfonamides is 1. The maximum absolute atomic E-state index is 12.7. The highest BCUT2D eigenvalue weighted by Crippen LogP contribution is 2.32. The molecule has 2 aromatic carbocycles. The van der Waals surface area contributed by atoms with Gasteiger partial charge in [-0.3, -0.25) is 9.52 Å². The molecule has 0 aromatic heterocycles. The van der Waals surface area contributed by atoms with Crippen molar-refractivity contribution in [3.8, 4) is 5.75 Å². The molecular formula is C19H22N2O5S. The van der Waals surface area contributed by atoms with Crippen LogP contribution in [0.5, 0.6) is 5.75 Å². The third kappa shape index (κ3) is 3.91. The average molecular weight is 390 g/mol. The van der Waals surface area contributed by atoms with Crippen molar-refractivity contribution in [2.24, 2.45) is 0 Å². The lowest BCUT2D eigenvalue weighted by atomic mass is 10.1. The highest BCUT2D eigenvalue weighted by Gasteiger charge is 2.25. The van der Waals surface area contributed by atoms with Crippen molar-refractivity contribution in [3.63, 3.8) is 0 Å². The van der Waals surface area contributed by atoms with Crippen molar-refractivity contribution in [2.75, 3.05) is 37.0 Å². The number of benzene rings is 2. The lowest BCUT2D eigenvalue weighted by molar-refractivity contribution is -0.122. The highest BCUT2D eigenvalue weighted by atomic mass is 32.2. The molecule has 1 aliphatic rings. The Labute approximate surface area is 158 Å². The molecule has 0 saturated carbocycles. The summed E-state index contributed by atoms with van der Waals surface area (Å²) in [7, 11) is -0.717. The quantitative estimate of drug-likeness (QED) is 0.818. The van der Waals surface area contributed by atoms with E-state index in [-0.39, 0.29) is 17.4 Å². The molecule has 0 radical (unpaired) electrons. The zero-order valence-corrected chi connectivity index (χ0v) is 16.3. The predicted molar refractivity (Wildman–Crippen MR) is 103 cm³/mol. The summed E-state index contributed by atoms with van der Waals surface area (Å²) in [5.74, 6) is 0.489. The van der Waals surface area contributed by atoms with E-state index in [1.807, 2.05) is 0 Å². The second kappa shape index (κ2) is 7.58. The summed E-state index contributed by atoms with van der Waals surface area (Å²) in [6.45, 7) is 2.30. The van der Waals surface area contributed by atoms with Gasteiger partial charge in [-0.15, -0.1) is 0 Å². The zero-order chi connectivity index (χ0) is 19.6. The van der Waals surface area contributed by atoms with Gasteiger partial charge in [-0.05, 0) is 60.9 Å². The standard InChI is InChI=1S/C19H22N2O5S/c1-13-10-16(26-3)5-7-18(13)27(23,24)20-15-4-6-17-14(11-15)8-9-21(17)19(22)12-25-2/h4-7,10-11,20H,8-9,12H2,1-3H3. The number of nitrogens with one attached hydrogen (secondary N) is 1. The summed E-state index contributed by atoms with van der Waals surface area (Å²) in [5, 5.41) is 0. The number of methoxy groups -OCH3 is 2. The molecule has 0 spiro atoms. The highest BCUT2D eigenvalue weighted by molar-refractivity contribution is 7.92. The lowest BCUT2D eigenvalue weighted by Crippen LogP contribution is -2.31. The topological polar surface area (TPSA) is 84.9 Å². The minimum atomic E-state index is -3.73. The molecule has 0 fully saturated rings. The molecule has 0 saturated heterocycles. The van der Waals surface area contributed by atoms with Crippen molar-refractivity contribution < 1.29 is 22.7 Å². The molecule has 1 aliphatic heterocycles. The van der Waals surface area contributed by atoms with Crippen LogP contribution < -0.4 is 14.4 Å². The molecular weight excluding hydrogens is 368 g/mol. The Morgan fingerprint density at radius 3 is 2.63 bits per heavy atom. The summed E-state index contributed by atoms with van der Waals surface area (Å²) in [4.78, 5) is 13.9. The monoisotopic (exact) mass is 390 g/mol.